The zero-order valence-electron chi connectivity index (χ0n) is 23.7. The van der Waals surface area contributed by atoms with Crippen molar-refractivity contribution in [1.82, 2.24) is 19.7 Å². The number of thiazole rings is 1. The number of piperidine rings is 1. The maximum Gasteiger partial charge on any atom is 0.143 e. The fourth-order valence-corrected chi connectivity index (χ4v) is 6.12. The molecule has 1 aliphatic rings. The van der Waals surface area contributed by atoms with Crippen molar-refractivity contribution in [2.24, 2.45) is 10.9 Å². The Balaban J connectivity index is 0.000000280. The molecule has 1 fully saturated rings. The van der Waals surface area contributed by atoms with Crippen molar-refractivity contribution in [3.8, 4) is 0 Å². The third kappa shape index (κ3) is 7.84. The van der Waals surface area contributed by atoms with Crippen LogP contribution < -0.4 is 5.32 Å². The highest BCUT2D eigenvalue weighted by atomic mass is 32.1. The lowest BCUT2D eigenvalue weighted by atomic mass is 9.77. The van der Waals surface area contributed by atoms with Crippen molar-refractivity contribution in [3.63, 3.8) is 0 Å². The van der Waals surface area contributed by atoms with Crippen molar-refractivity contribution in [3.05, 3.63) is 52.6 Å². The number of hydrogen-bond acceptors (Lipinski definition) is 5. The van der Waals surface area contributed by atoms with Gasteiger partial charge in [-0.1, -0.05) is 38.7 Å². The van der Waals surface area contributed by atoms with Crippen LogP contribution in [0.5, 0.6) is 0 Å². The molecule has 0 atom stereocenters. The predicted molar refractivity (Wildman–Crippen MR) is 155 cm³/mol. The standard InChI is InChI=1S/C17H18N4S.C10H21N.C2H6/c1-6-15-17(22-13(5)20-15)19-12(4)14-7-10(2)16-18-11(3)8-21(16)9-14;1-8-6-9(2,3)11-10(4,5)7-8;1-2/h6-9H,1H2,2-5H3;8,11H,6-7H2,1-5H3;1-2H3/b19-12+;;. The van der Waals surface area contributed by atoms with E-state index in [1.54, 1.807) is 17.4 Å². The molecule has 0 amide bonds. The highest BCUT2D eigenvalue weighted by molar-refractivity contribution is 7.15. The van der Waals surface area contributed by atoms with Gasteiger partial charge in [-0.3, -0.25) is 0 Å². The van der Waals surface area contributed by atoms with Crippen LogP contribution in [-0.4, -0.2) is 31.2 Å². The Morgan fingerprint density at radius 2 is 1.71 bits per heavy atom. The molecule has 1 aliphatic heterocycles. The number of rotatable bonds is 3. The zero-order valence-corrected chi connectivity index (χ0v) is 24.5. The molecule has 1 N–H and O–H groups in total. The van der Waals surface area contributed by atoms with Gasteiger partial charge in [0.25, 0.3) is 0 Å². The van der Waals surface area contributed by atoms with E-state index in [9.17, 15) is 0 Å². The van der Waals surface area contributed by atoms with Crippen LogP contribution in [-0.2, 0) is 0 Å². The van der Waals surface area contributed by atoms with E-state index in [-0.39, 0.29) is 0 Å². The summed E-state index contributed by atoms with van der Waals surface area (Å²) in [5, 5.41) is 5.57. The molecule has 0 saturated carbocycles. The van der Waals surface area contributed by atoms with Crippen molar-refractivity contribution < 1.29 is 0 Å². The van der Waals surface area contributed by atoms with Gasteiger partial charge in [-0.15, -0.1) is 0 Å². The minimum absolute atomic E-state index is 0.334. The number of aromatic nitrogens is 3. The number of hydrogen-bond donors (Lipinski definition) is 1. The maximum atomic E-state index is 4.74. The Bertz CT molecular complexity index is 1160. The van der Waals surface area contributed by atoms with E-state index in [2.05, 4.69) is 80.1 Å². The molecule has 0 radical (unpaired) electrons. The Labute approximate surface area is 216 Å². The van der Waals surface area contributed by atoms with E-state index in [1.807, 2.05) is 40.8 Å². The molecule has 4 heterocycles. The van der Waals surface area contributed by atoms with Crippen LogP contribution >= 0.6 is 11.3 Å². The monoisotopic (exact) mass is 495 g/mol. The number of imidazole rings is 1. The molecule has 0 aliphatic carbocycles. The molecule has 3 aromatic rings. The average Bonchev–Trinajstić information content (AvgIpc) is 3.28. The molecule has 0 bridgehead atoms. The average molecular weight is 496 g/mol. The van der Waals surface area contributed by atoms with Crippen LogP contribution in [0, 0.1) is 26.7 Å². The van der Waals surface area contributed by atoms with Crippen LogP contribution in [0.2, 0.25) is 0 Å². The van der Waals surface area contributed by atoms with E-state index >= 15 is 0 Å². The lowest BCUT2D eigenvalue weighted by molar-refractivity contribution is 0.138. The van der Waals surface area contributed by atoms with Gasteiger partial charge in [0.1, 0.15) is 10.6 Å². The second-order valence-electron chi connectivity index (χ2n) is 10.8. The highest BCUT2D eigenvalue weighted by Gasteiger charge is 2.35. The molecule has 5 nitrogen and oxygen atoms in total. The summed E-state index contributed by atoms with van der Waals surface area (Å²) in [7, 11) is 0. The lowest BCUT2D eigenvalue weighted by Gasteiger charge is -2.45. The molecule has 0 spiro atoms. The van der Waals surface area contributed by atoms with Crippen LogP contribution in [0.3, 0.4) is 0 Å². The van der Waals surface area contributed by atoms with Gasteiger partial charge in [0.05, 0.1) is 16.4 Å². The molecule has 0 aromatic carbocycles. The van der Waals surface area contributed by atoms with Gasteiger partial charge in [-0.2, -0.15) is 0 Å². The zero-order chi connectivity index (χ0) is 26.6. The van der Waals surface area contributed by atoms with Crippen LogP contribution in [0.4, 0.5) is 5.00 Å². The Hall–Kier alpha value is -2.31. The molecular formula is C29H45N5S. The third-order valence-electron chi connectivity index (χ3n) is 5.87. The first-order valence-electron chi connectivity index (χ1n) is 12.7. The summed E-state index contributed by atoms with van der Waals surface area (Å²) in [5.41, 5.74) is 6.72. The second-order valence-corrected chi connectivity index (χ2v) is 11.9. The number of aliphatic imine (C=N–C) groups is 1. The van der Waals surface area contributed by atoms with Gasteiger partial charge in [0.2, 0.25) is 0 Å². The summed E-state index contributed by atoms with van der Waals surface area (Å²) >= 11 is 1.58. The lowest BCUT2D eigenvalue weighted by Crippen LogP contribution is -2.57. The van der Waals surface area contributed by atoms with Gasteiger partial charge < -0.3 is 9.72 Å². The Morgan fingerprint density at radius 1 is 1.11 bits per heavy atom. The predicted octanol–water partition coefficient (Wildman–Crippen LogP) is 8.09. The molecule has 6 heteroatoms. The van der Waals surface area contributed by atoms with Crippen LogP contribution in [0.25, 0.3) is 11.7 Å². The minimum atomic E-state index is 0.334. The van der Waals surface area contributed by atoms with E-state index in [4.69, 9.17) is 4.99 Å². The highest BCUT2D eigenvalue weighted by Crippen LogP contribution is 2.32. The summed E-state index contributed by atoms with van der Waals surface area (Å²) in [6.07, 6.45) is 8.46. The van der Waals surface area contributed by atoms with Crippen molar-refractivity contribution >= 4 is 33.8 Å². The van der Waals surface area contributed by atoms with E-state index in [0.29, 0.717) is 11.1 Å². The Kier molecular flexibility index (Phi) is 9.60. The third-order valence-corrected chi connectivity index (χ3v) is 6.75. The minimum Gasteiger partial charge on any atom is -0.307 e. The number of aryl methyl sites for hydroxylation is 3. The van der Waals surface area contributed by atoms with Crippen molar-refractivity contribution in [1.29, 1.82) is 0 Å². The Morgan fingerprint density at radius 3 is 2.26 bits per heavy atom. The quantitative estimate of drug-likeness (QED) is 0.374. The summed E-state index contributed by atoms with van der Waals surface area (Å²) in [6, 6.07) is 2.13. The SMILES string of the molecule is C=Cc1nc(C)sc1/N=C(\C)c1cc(C)c2nc(C)cn2c1.CC.CC1CC(C)(C)NC(C)(C)C1. The molecule has 4 rings (SSSR count). The normalized spacial score (nSPS) is 17.3. The van der Waals surface area contributed by atoms with Gasteiger partial charge in [-0.05, 0) is 91.9 Å². The smallest absolute Gasteiger partial charge is 0.143 e. The first kappa shape index (κ1) is 28.9. The molecule has 0 unspecified atom stereocenters. The summed E-state index contributed by atoms with van der Waals surface area (Å²) < 4.78 is 2.06. The first-order chi connectivity index (χ1) is 16.3. The molecule has 192 valence electrons. The van der Waals surface area contributed by atoms with E-state index < -0.39 is 0 Å². The second kappa shape index (κ2) is 11.6. The molecule has 35 heavy (non-hydrogen) atoms. The summed E-state index contributed by atoms with van der Waals surface area (Å²) in [5.74, 6) is 0.862. The largest absolute Gasteiger partial charge is 0.307 e. The van der Waals surface area contributed by atoms with Gasteiger partial charge in [-0.25, -0.2) is 15.0 Å². The van der Waals surface area contributed by atoms with Crippen molar-refractivity contribution in [2.75, 3.05) is 0 Å². The van der Waals surface area contributed by atoms with E-state index in [0.717, 1.165) is 49.8 Å². The fourth-order valence-electron chi connectivity index (χ4n) is 5.28. The maximum absolute atomic E-state index is 4.74. The fraction of sp³-hybridized carbons (Fsp3) is 0.552. The van der Waals surface area contributed by atoms with Gasteiger partial charge in [0.15, 0.2) is 0 Å². The number of nitrogens with one attached hydrogen (secondary N) is 1. The van der Waals surface area contributed by atoms with Gasteiger partial charge >= 0.3 is 0 Å². The van der Waals surface area contributed by atoms with Crippen molar-refractivity contribution in [2.45, 2.75) is 100 Å². The number of fused-ring (bicyclic) bond motifs is 1. The molecule has 1 saturated heterocycles. The molecule has 3 aromatic heterocycles. The first-order valence-corrected chi connectivity index (χ1v) is 13.5. The van der Waals surface area contributed by atoms with Crippen LogP contribution in [0.15, 0.2) is 30.0 Å². The van der Waals surface area contributed by atoms with Crippen LogP contribution in [0.1, 0.15) is 95.8 Å². The summed E-state index contributed by atoms with van der Waals surface area (Å²) in [4.78, 5) is 13.7. The van der Waals surface area contributed by atoms with E-state index in [1.165, 1.54) is 12.8 Å². The molecular weight excluding hydrogens is 450 g/mol. The number of pyridine rings is 1. The summed E-state index contributed by atoms with van der Waals surface area (Å²) in [6.45, 7) is 27.4. The van der Waals surface area contributed by atoms with Gasteiger partial charge in [0, 0.05) is 34.7 Å². The number of nitrogens with zero attached hydrogens (tertiary/aromatic N) is 4. The topological polar surface area (TPSA) is 54.6 Å².